The van der Waals surface area contributed by atoms with E-state index in [9.17, 15) is 0 Å². The molecule has 2 aromatic heterocycles. The fourth-order valence-electron chi connectivity index (χ4n) is 1.79. The molecule has 0 unspecified atom stereocenters. The quantitative estimate of drug-likeness (QED) is 0.815. The summed E-state index contributed by atoms with van der Waals surface area (Å²) in [5.41, 5.74) is 7.05. The van der Waals surface area contributed by atoms with E-state index in [-0.39, 0.29) is 5.54 Å². The zero-order valence-corrected chi connectivity index (χ0v) is 9.49. The smallest absolute Gasteiger partial charge is 0.147 e. The number of rotatable bonds is 2. The molecule has 0 radical (unpaired) electrons. The first-order chi connectivity index (χ1) is 7.06. The minimum absolute atomic E-state index is 0.0822. The molecule has 0 aliphatic carbocycles. The monoisotopic (exact) mass is 203 g/mol. The third-order valence-electron chi connectivity index (χ3n) is 3.15. The van der Waals surface area contributed by atoms with Crippen LogP contribution in [0.15, 0.2) is 24.5 Å². The molecule has 0 aliphatic heterocycles. The molecule has 0 saturated carbocycles. The van der Waals surface area contributed by atoms with Gasteiger partial charge in [0.05, 0.1) is 5.52 Å². The van der Waals surface area contributed by atoms with E-state index < -0.39 is 0 Å². The number of anilines is 1. The first kappa shape index (κ1) is 10.0. The lowest BCUT2D eigenvalue weighted by atomic mass is 10.0. The number of hydrogen-bond acceptors (Lipinski definition) is 2. The molecule has 0 saturated heterocycles. The van der Waals surface area contributed by atoms with Gasteiger partial charge in [0.15, 0.2) is 0 Å². The Labute approximate surface area is 89.9 Å². The molecule has 2 rings (SSSR count). The van der Waals surface area contributed by atoms with Crippen LogP contribution in [-0.2, 0) is 5.54 Å². The number of nitrogens with zero attached hydrogens (tertiary/aromatic N) is 2. The van der Waals surface area contributed by atoms with Crippen molar-refractivity contribution in [3.05, 3.63) is 24.5 Å². The highest BCUT2D eigenvalue weighted by Gasteiger charge is 2.20. The zero-order chi connectivity index (χ0) is 11.1. The van der Waals surface area contributed by atoms with Crippen LogP contribution >= 0.6 is 0 Å². The van der Waals surface area contributed by atoms with Crippen LogP contribution in [0.3, 0.4) is 0 Å². The second kappa shape index (κ2) is 3.26. The van der Waals surface area contributed by atoms with Gasteiger partial charge in [0.2, 0.25) is 0 Å². The van der Waals surface area contributed by atoms with Crippen molar-refractivity contribution in [3.63, 3.8) is 0 Å². The van der Waals surface area contributed by atoms with Crippen LogP contribution in [0.1, 0.15) is 27.2 Å². The highest BCUT2D eigenvalue weighted by molar-refractivity contribution is 5.88. The van der Waals surface area contributed by atoms with E-state index >= 15 is 0 Å². The molecule has 3 nitrogen and oxygen atoms in total. The Morgan fingerprint density at radius 3 is 2.80 bits per heavy atom. The van der Waals surface area contributed by atoms with Gasteiger partial charge in [-0.2, -0.15) is 0 Å². The lowest BCUT2D eigenvalue weighted by Gasteiger charge is -2.26. The van der Waals surface area contributed by atoms with Crippen LogP contribution in [0.4, 0.5) is 5.82 Å². The summed E-state index contributed by atoms with van der Waals surface area (Å²) in [6.45, 7) is 6.59. The Bertz CT molecular complexity index is 483. The third-order valence-corrected chi connectivity index (χ3v) is 3.15. The molecule has 3 heteroatoms. The van der Waals surface area contributed by atoms with Crippen molar-refractivity contribution < 1.29 is 0 Å². The van der Waals surface area contributed by atoms with Crippen LogP contribution in [0.5, 0.6) is 0 Å². The van der Waals surface area contributed by atoms with Crippen molar-refractivity contribution in [2.45, 2.75) is 32.7 Å². The summed E-state index contributed by atoms with van der Waals surface area (Å²) >= 11 is 0. The minimum atomic E-state index is 0.0822. The molecule has 0 spiro atoms. The zero-order valence-electron chi connectivity index (χ0n) is 9.49. The second-order valence-corrected chi connectivity index (χ2v) is 4.49. The van der Waals surface area contributed by atoms with E-state index in [1.807, 2.05) is 6.07 Å². The van der Waals surface area contributed by atoms with Gasteiger partial charge in [0, 0.05) is 23.3 Å². The summed E-state index contributed by atoms with van der Waals surface area (Å²) < 4.78 is 2.21. The normalized spacial score (nSPS) is 12.2. The highest BCUT2D eigenvalue weighted by atomic mass is 15.1. The summed E-state index contributed by atoms with van der Waals surface area (Å²) in [7, 11) is 0. The van der Waals surface area contributed by atoms with Crippen LogP contribution in [0.2, 0.25) is 0 Å². The van der Waals surface area contributed by atoms with Crippen LogP contribution < -0.4 is 5.73 Å². The summed E-state index contributed by atoms with van der Waals surface area (Å²) in [5.74, 6) is 0.610. The number of nitrogen functional groups attached to an aromatic ring is 1. The maximum atomic E-state index is 5.92. The molecule has 15 heavy (non-hydrogen) atoms. The topological polar surface area (TPSA) is 43.8 Å². The van der Waals surface area contributed by atoms with Crippen LogP contribution in [0.25, 0.3) is 10.9 Å². The van der Waals surface area contributed by atoms with Crippen molar-refractivity contribution in [1.29, 1.82) is 0 Å². The van der Waals surface area contributed by atoms with Crippen molar-refractivity contribution >= 4 is 16.7 Å². The number of nitrogens with two attached hydrogens (primary N) is 1. The van der Waals surface area contributed by atoms with E-state index in [1.54, 1.807) is 6.20 Å². The van der Waals surface area contributed by atoms with Gasteiger partial charge in [-0.25, -0.2) is 4.98 Å². The van der Waals surface area contributed by atoms with E-state index in [4.69, 9.17) is 5.73 Å². The first-order valence-electron chi connectivity index (χ1n) is 5.28. The highest BCUT2D eigenvalue weighted by Crippen LogP contribution is 2.28. The molecular weight excluding hydrogens is 186 g/mol. The first-order valence-corrected chi connectivity index (χ1v) is 5.28. The Kier molecular flexibility index (Phi) is 2.18. The number of fused-ring (bicyclic) bond motifs is 1. The maximum Gasteiger partial charge on any atom is 0.147 e. The predicted octanol–water partition coefficient (Wildman–Crippen LogP) is 2.76. The molecule has 0 aliphatic rings. The average molecular weight is 203 g/mol. The maximum absolute atomic E-state index is 5.92. The molecule has 0 bridgehead atoms. The van der Waals surface area contributed by atoms with Crippen LogP contribution in [-0.4, -0.2) is 9.55 Å². The van der Waals surface area contributed by atoms with Gasteiger partial charge >= 0.3 is 0 Å². The number of hydrogen-bond donors (Lipinski definition) is 1. The number of pyridine rings is 1. The van der Waals surface area contributed by atoms with E-state index in [1.165, 1.54) is 0 Å². The largest absolute Gasteiger partial charge is 0.382 e. The van der Waals surface area contributed by atoms with Gasteiger partial charge in [-0.1, -0.05) is 6.92 Å². The van der Waals surface area contributed by atoms with Crippen molar-refractivity contribution in [2.75, 3.05) is 5.73 Å². The van der Waals surface area contributed by atoms with Crippen molar-refractivity contribution in [2.24, 2.45) is 0 Å². The predicted molar refractivity (Wildman–Crippen MR) is 63.8 cm³/mol. The minimum Gasteiger partial charge on any atom is -0.382 e. The molecule has 2 aromatic rings. The van der Waals surface area contributed by atoms with Gasteiger partial charge < -0.3 is 10.3 Å². The van der Waals surface area contributed by atoms with E-state index in [2.05, 4.69) is 42.6 Å². The van der Waals surface area contributed by atoms with Gasteiger partial charge in [-0.15, -0.1) is 0 Å². The molecule has 2 heterocycles. The summed E-state index contributed by atoms with van der Waals surface area (Å²) in [5, 5.41) is 1.16. The molecule has 2 N–H and O–H groups in total. The lowest BCUT2D eigenvalue weighted by Crippen LogP contribution is -2.24. The number of aromatic nitrogens is 2. The summed E-state index contributed by atoms with van der Waals surface area (Å²) in [4.78, 5) is 4.14. The Morgan fingerprint density at radius 2 is 2.13 bits per heavy atom. The fourth-order valence-corrected chi connectivity index (χ4v) is 1.79. The van der Waals surface area contributed by atoms with Gasteiger partial charge in [-0.3, -0.25) is 0 Å². The molecular formula is C12H17N3. The SMILES string of the molecule is CCC(C)(C)n1ccc2ccnc(N)c21. The molecule has 0 fully saturated rings. The fraction of sp³-hybridized carbons (Fsp3) is 0.417. The standard InChI is InChI=1S/C12H17N3/c1-4-12(2,3)15-8-6-9-5-7-14-11(13)10(9)15/h5-8H,4H2,1-3H3,(H2,13,14). The van der Waals surface area contributed by atoms with Gasteiger partial charge in [-0.05, 0) is 32.4 Å². The summed E-state index contributed by atoms with van der Waals surface area (Å²) in [6, 6.07) is 4.08. The van der Waals surface area contributed by atoms with Gasteiger partial charge in [0.25, 0.3) is 0 Å². The van der Waals surface area contributed by atoms with Crippen LogP contribution in [0, 0.1) is 0 Å². The molecule has 80 valence electrons. The van der Waals surface area contributed by atoms with Crippen molar-refractivity contribution in [3.8, 4) is 0 Å². The molecule has 0 amide bonds. The Balaban J connectivity index is 2.73. The average Bonchev–Trinajstić information content (AvgIpc) is 2.63. The third kappa shape index (κ3) is 1.48. The van der Waals surface area contributed by atoms with E-state index in [0.717, 1.165) is 17.3 Å². The van der Waals surface area contributed by atoms with E-state index in [0.29, 0.717) is 5.82 Å². The molecule has 0 aromatic carbocycles. The second-order valence-electron chi connectivity index (χ2n) is 4.49. The van der Waals surface area contributed by atoms with Gasteiger partial charge in [0.1, 0.15) is 5.82 Å². The summed E-state index contributed by atoms with van der Waals surface area (Å²) in [6.07, 6.45) is 4.90. The molecule has 0 atom stereocenters. The Hall–Kier alpha value is -1.51. The van der Waals surface area contributed by atoms with Crippen molar-refractivity contribution in [1.82, 2.24) is 9.55 Å². The Morgan fingerprint density at radius 1 is 1.40 bits per heavy atom. The lowest BCUT2D eigenvalue weighted by molar-refractivity contribution is 0.354.